The second-order valence-electron chi connectivity index (χ2n) is 6.70. The third kappa shape index (κ3) is 3.37. The lowest BCUT2D eigenvalue weighted by Gasteiger charge is -2.39. The van der Waals surface area contributed by atoms with Crippen molar-refractivity contribution in [3.8, 4) is 5.75 Å². The summed E-state index contributed by atoms with van der Waals surface area (Å²) in [4.78, 5) is 0. The van der Waals surface area contributed by atoms with Crippen LogP contribution in [0, 0.1) is 11.8 Å². The summed E-state index contributed by atoms with van der Waals surface area (Å²) in [5, 5.41) is 4.40. The topological polar surface area (TPSA) is 21.3 Å². The van der Waals surface area contributed by atoms with Gasteiger partial charge in [0.05, 0.1) is 0 Å². The first-order chi connectivity index (χ1) is 10.2. The van der Waals surface area contributed by atoms with Crippen molar-refractivity contribution in [3.63, 3.8) is 0 Å². The van der Waals surface area contributed by atoms with Gasteiger partial charge in [-0.3, -0.25) is 0 Å². The molecule has 21 heavy (non-hydrogen) atoms. The quantitative estimate of drug-likeness (QED) is 0.851. The maximum Gasteiger partial charge on any atom is 0.124 e. The summed E-state index contributed by atoms with van der Waals surface area (Å²) in [6.07, 6.45) is 6.75. The Morgan fingerprint density at radius 3 is 2.71 bits per heavy atom. The summed E-state index contributed by atoms with van der Waals surface area (Å²) in [6, 6.07) is 6.42. The third-order valence-electron chi connectivity index (χ3n) is 5.13. The highest BCUT2D eigenvalue weighted by Crippen LogP contribution is 2.42. The summed E-state index contributed by atoms with van der Waals surface area (Å²) in [7, 11) is 0. The minimum absolute atomic E-state index is 0.357. The van der Waals surface area contributed by atoms with Crippen LogP contribution in [0.4, 0.5) is 0 Å². The second kappa shape index (κ2) is 6.58. The number of fused-ring (bicyclic) bond motifs is 1. The van der Waals surface area contributed by atoms with E-state index in [9.17, 15) is 0 Å². The summed E-state index contributed by atoms with van der Waals surface area (Å²) < 4.78 is 6.34. The molecule has 0 amide bonds. The lowest BCUT2D eigenvalue weighted by molar-refractivity contribution is 0.0654. The van der Waals surface area contributed by atoms with Gasteiger partial charge in [0, 0.05) is 23.0 Å². The van der Waals surface area contributed by atoms with Crippen molar-refractivity contribution in [2.24, 2.45) is 11.8 Å². The predicted octanol–water partition coefficient (Wildman–Crippen LogP) is 4.97. The van der Waals surface area contributed by atoms with E-state index in [0.717, 1.165) is 29.7 Å². The first kappa shape index (κ1) is 15.2. The van der Waals surface area contributed by atoms with Crippen LogP contribution < -0.4 is 10.1 Å². The maximum atomic E-state index is 6.34. The van der Waals surface area contributed by atoms with Crippen molar-refractivity contribution >= 4 is 11.6 Å². The van der Waals surface area contributed by atoms with Gasteiger partial charge in [0.15, 0.2) is 0 Å². The van der Waals surface area contributed by atoms with Crippen LogP contribution >= 0.6 is 11.6 Å². The van der Waals surface area contributed by atoms with Gasteiger partial charge in [-0.2, -0.15) is 0 Å². The highest BCUT2D eigenvalue weighted by atomic mass is 35.5. The Morgan fingerprint density at radius 1 is 1.24 bits per heavy atom. The molecule has 1 aromatic rings. The standard InChI is InChI=1S/C18H26ClNO/c1-3-20-16-11-18(13-6-4-12(2)5-7-13)21-17-9-8-14(19)10-15(16)17/h8-10,12-13,16,18,20H,3-7,11H2,1-2H3. The molecule has 1 aliphatic carbocycles. The Hall–Kier alpha value is -0.730. The van der Waals surface area contributed by atoms with E-state index in [2.05, 4.69) is 25.2 Å². The fourth-order valence-corrected chi connectivity index (χ4v) is 4.04. The van der Waals surface area contributed by atoms with Gasteiger partial charge in [0.25, 0.3) is 0 Å². The van der Waals surface area contributed by atoms with Gasteiger partial charge in [-0.05, 0) is 49.4 Å². The molecule has 0 bridgehead atoms. The number of halogens is 1. The molecule has 0 radical (unpaired) electrons. The van der Waals surface area contributed by atoms with E-state index in [-0.39, 0.29) is 0 Å². The Labute approximate surface area is 133 Å². The minimum Gasteiger partial charge on any atom is -0.490 e. The SMILES string of the molecule is CCNC1CC(C2CCC(C)CC2)Oc2ccc(Cl)cc21. The van der Waals surface area contributed by atoms with Gasteiger partial charge in [0.1, 0.15) is 11.9 Å². The fourth-order valence-electron chi connectivity index (χ4n) is 3.86. The Balaban J connectivity index is 1.79. The lowest BCUT2D eigenvalue weighted by Crippen LogP contribution is -2.38. The molecule has 1 saturated carbocycles. The molecule has 2 aliphatic rings. The van der Waals surface area contributed by atoms with Crippen LogP contribution in [0.25, 0.3) is 0 Å². The van der Waals surface area contributed by atoms with Crippen LogP contribution in [-0.4, -0.2) is 12.6 Å². The van der Waals surface area contributed by atoms with Gasteiger partial charge < -0.3 is 10.1 Å². The van der Waals surface area contributed by atoms with Crippen molar-refractivity contribution in [2.75, 3.05) is 6.54 Å². The maximum absolute atomic E-state index is 6.34. The van der Waals surface area contributed by atoms with Gasteiger partial charge in [-0.15, -0.1) is 0 Å². The highest BCUT2D eigenvalue weighted by molar-refractivity contribution is 6.30. The molecule has 2 unspecified atom stereocenters. The highest BCUT2D eigenvalue weighted by Gasteiger charge is 2.34. The zero-order valence-electron chi connectivity index (χ0n) is 13.1. The molecule has 1 fully saturated rings. The van der Waals surface area contributed by atoms with E-state index in [4.69, 9.17) is 16.3 Å². The molecule has 1 aromatic carbocycles. The number of ether oxygens (including phenoxy) is 1. The normalized spacial score (nSPS) is 32.3. The largest absolute Gasteiger partial charge is 0.490 e. The zero-order chi connectivity index (χ0) is 14.8. The third-order valence-corrected chi connectivity index (χ3v) is 5.37. The molecule has 116 valence electrons. The molecule has 2 nitrogen and oxygen atoms in total. The average molecular weight is 308 g/mol. The van der Waals surface area contributed by atoms with Crippen molar-refractivity contribution in [3.05, 3.63) is 28.8 Å². The Morgan fingerprint density at radius 2 is 2.00 bits per heavy atom. The second-order valence-corrected chi connectivity index (χ2v) is 7.14. The van der Waals surface area contributed by atoms with Crippen molar-refractivity contribution in [1.29, 1.82) is 0 Å². The zero-order valence-corrected chi connectivity index (χ0v) is 13.8. The molecule has 3 rings (SSSR count). The van der Waals surface area contributed by atoms with Crippen LogP contribution in [0.1, 0.15) is 57.6 Å². The number of rotatable bonds is 3. The minimum atomic E-state index is 0.357. The van der Waals surface area contributed by atoms with Crippen LogP contribution in [0.5, 0.6) is 5.75 Å². The monoisotopic (exact) mass is 307 g/mol. The fraction of sp³-hybridized carbons (Fsp3) is 0.667. The van der Waals surface area contributed by atoms with Gasteiger partial charge in [-0.25, -0.2) is 0 Å². The first-order valence-corrected chi connectivity index (χ1v) is 8.74. The molecule has 1 heterocycles. The van der Waals surface area contributed by atoms with Crippen molar-refractivity contribution in [1.82, 2.24) is 5.32 Å². The molecular weight excluding hydrogens is 282 g/mol. The van der Waals surface area contributed by atoms with Crippen LogP contribution in [-0.2, 0) is 0 Å². The molecule has 2 atom stereocenters. The summed E-state index contributed by atoms with van der Waals surface area (Å²) in [6.45, 7) is 5.51. The van der Waals surface area contributed by atoms with Gasteiger partial charge in [-0.1, -0.05) is 38.3 Å². The summed E-state index contributed by atoms with van der Waals surface area (Å²) in [5.41, 5.74) is 1.23. The number of benzene rings is 1. The predicted molar refractivity (Wildman–Crippen MR) is 88.0 cm³/mol. The van der Waals surface area contributed by atoms with E-state index < -0.39 is 0 Å². The van der Waals surface area contributed by atoms with E-state index in [1.165, 1.54) is 31.2 Å². The first-order valence-electron chi connectivity index (χ1n) is 8.37. The Kier molecular flexibility index (Phi) is 4.75. The number of hydrogen-bond acceptors (Lipinski definition) is 2. The molecule has 0 spiro atoms. The van der Waals surface area contributed by atoms with Gasteiger partial charge in [0.2, 0.25) is 0 Å². The number of hydrogen-bond donors (Lipinski definition) is 1. The van der Waals surface area contributed by atoms with E-state index in [1.54, 1.807) is 0 Å². The molecule has 3 heteroatoms. The van der Waals surface area contributed by atoms with Crippen molar-refractivity contribution in [2.45, 2.75) is 58.1 Å². The molecule has 1 aliphatic heterocycles. The Bertz CT molecular complexity index is 482. The van der Waals surface area contributed by atoms with Crippen molar-refractivity contribution < 1.29 is 4.74 Å². The van der Waals surface area contributed by atoms with E-state index in [0.29, 0.717) is 18.1 Å². The lowest BCUT2D eigenvalue weighted by atomic mass is 9.77. The smallest absolute Gasteiger partial charge is 0.124 e. The van der Waals surface area contributed by atoms with Crippen LogP contribution in [0.2, 0.25) is 5.02 Å². The average Bonchev–Trinajstić information content (AvgIpc) is 2.48. The number of nitrogens with one attached hydrogen (secondary N) is 1. The summed E-state index contributed by atoms with van der Waals surface area (Å²) >= 11 is 6.16. The molecule has 0 saturated heterocycles. The molecule has 1 N–H and O–H groups in total. The van der Waals surface area contributed by atoms with Crippen LogP contribution in [0.15, 0.2) is 18.2 Å². The van der Waals surface area contributed by atoms with E-state index >= 15 is 0 Å². The van der Waals surface area contributed by atoms with E-state index in [1.807, 2.05) is 12.1 Å². The summed E-state index contributed by atoms with van der Waals surface area (Å²) in [5.74, 6) is 2.63. The van der Waals surface area contributed by atoms with Gasteiger partial charge >= 0.3 is 0 Å². The molecule has 0 aromatic heterocycles. The molecular formula is C18H26ClNO. The van der Waals surface area contributed by atoms with Crippen LogP contribution in [0.3, 0.4) is 0 Å².